The summed E-state index contributed by atoms with van der Waals surface area (Å²) in [6.07, 6.45) is 0.939. The number of benzene rings is 2. The first-order chi connectivity index (χ1) is 13.7. The van der Waals surface area contributed by atoms with E-state index < -0.39 is 0 Å². The first-order valence-corrected chi connectivity index (χ1v) is 11.1. The van der Waals surface area contributed by atoms with Crippen molar-refractivity contribution in [2.75, 3.05) is 36.8 Å². The Labute approximate surface area is 170 Å². The fraction of sp³-hybridized carbons (Fsp3) is 0.364. The van der Waals surface area contributed by atoms with Crippen molar-refractivity contribution in [3.63, 3.8) is 0 Å². The molecule has 1 aliphatic heterocycles. The molecule has 2 heterocycles. The number of hydrogen-bond donors (Lipinski definition) is 1. The molecule has 1 N–H and O–H groups in total. The van der Waals surface area contributed by atoms with Gasteiger partial charge in [-0.15, -0.1) is 0 Å². The summed E-state index contributed by atoms with van der Waals surface area (Å²) in [4.78, 5) is 25.3. The first kappa shape index (κ1) is 18.9. The number of para-hydroxylation sites is 2. The summed E-state index contributed by atoms with van der Waals surface area (Å²) >= 11 is 1.90. The van der Waals surface area contributed by atoms with E-state index >= 15 is 0 Å². The van der Waals surface area contributed by atoms with E-state index in [1.165, 1.54) is 5.56 Å². The van der Waals surface area contributed by atoms with Gasteiger partial charge in [-0.1, -0.05) is 31.2 Å². The molecule has 5 nitrogen and oxygen atoms in total. The summed E-state index contributed by atoms with van der Waals surface area (Å²) in [6.45, 7) is 5.34. The van der Waals surface area contributed by atoms with Gasteiger partial charge in [-0.2, -0.15) is 11.8 Å². The summed E-state index contributed by atoms with van der Waals surface area (Å²) in [5, 5.41) is 0. The molecule has 0 saturated carbocycles. The van der Waals surface area contributed by atoms with E-state index in [0.29, 0.717) is 6.54 Å². The highest BCUT2D eigenvalue weighted by molar-refractivity contribution is 7.98. The third-order valence-electron chi connectivity index (χ3n) is 5.13. The standard InChI is InChI=1S/C22H26N4OS/c1-2-28-16-17-8-10-18(11-9-17)21(27)25-12-5-13-26(15-14-25)22-23-19-6-3-4-7-20(19)24-22/h3-4,6-11H,2,5,12-16H2,1H3,(H,23,24). The van der Waals surface area contributed by atoms with Crippen molar-refractivity contribution in [2.45, 2.75) is 19.1 Å². The van der Waals surface area contributed by atoms with Gasteiger partial charge in [-0.25, -0.2) is 4.98 Å². The summed E-state index contributed by atoms with van der Waals surface area (Å²) in [5.74, 6) is 3.13. The maximum atomic E-state index is 12.9. The SMILES string of the molecule is CCSCc1ccc(C(=O)N2CCCN(c3nc4ccccc4[nH]3)CC2)cc1. The van der Waals surface area contributed by atoms with Crippen LogP contribution in [0.5, 0.6) is 0 Å². The molecule has 0 unspecified atom stereocenters. The van der Waals surface area contributed by atoms with Crippen LogP contribution in [0.3, 0.4) is 0 Å². The molecule has 3 aromatic rings. The zero-order chi connectivity index (χ0) is 19.3. The lowest BCUT2D eigenvalue weighted by molar-refractivity contribution is 0.0767. The van der Waals surface area contributed by atoms with Gasteiger partial charge in [-0.3, -0.25) is 4.79 Å². The average Bonchev–Trinajstić information content (AvgIpc) is 3.01. The second-order valence-electron chi connectivity index (χ2n) is 7.04. The van der Waals surface area contributed by atoms with E-state index in [0.717, 1.165) is 60.1 Å². The topological polar surface area (TPSA) is 52.2 Å². The Balaban J connectivity index is 1.41. The lowest BCUT2D eigenvalue weighted by Crippen LogP contribution is -2.35. The Morgan fingerprint density at radius 3 is 2.68 bits per heavy atom. The predicted octanol–water partition coefficient (Wildman–Crippen LogP) is 4.17. The van der Waals surface area contributed by atoms with Crippen molar-refractivity contribution in [2.24, 2.45) is 0 Å². The number of aromatic nitrogens is 2. The number of H-pyrrole nitrogens is 1. The van der Waals surface area contributed by atoms with Gasteiger partial charge in [0.2, 0.25) is 5.95 Å². The van der Waals surface area contributed by atoms with Crippen LogP contribution in [0.15, 0.2) is 48.5 Å². The number of amides is 1. The molecule has 0 spiro atoms. The Kier molecular flexibility index (Phi) is 5.86. The number of imidazole rings is 1. The van der Waals surface area contributed by atoms with Crippen molar-refractivity contribution in [3.05, 3.63) is 59.7 Å². The predicted molar refractivity (Wildman–Crippen MR) is 117 cm³/mol. The lowest BCUT2D eigenvalue weighted by Gasteiger charge is -2.22. The zero-order valence-electron chi connectivity index (χ0n) is 16.2. The van der Waals surface area contributed by atoms with Crippen LogP contribution in [-0.2, 0) is 5.75 Å². The summed E-state index contributed by atoms with van der Waals surface area (Å²) in [6, 6.07) is 16.2. The molecule has 1 saturated heterocycles. The minimum absolute atomic E-state index is 0.126. The van der Waals surface area contributed by atoms with Gasteiger partial charge in [0.05, 0.1) is 11.0 Å². The molecule has 2 aromatic carbocycles. The second kappa shape index (κ2) is 8.69. The number of hydrogen-bond acceptors (Lipinski definition) is 4. The quantitative estimate of drug-likeness (QED) is 0.706. The zero-order valence-corrected chi connectivity index (χ0v) is 17.0. The number of anilines is 1. The highest BCUT2D eigenvalue weighted by Crippen LogP contribution is 2.19. The number of fused-ring (bicyclic) bond motifs is 1. The molecule has 146 valence electrons. The lowest BCUT2D eigenvalue weighted by atomic mass is 10.1. The average molecular weight is 395 g/mol. The van der Waals surface area contributed by atoms with Crippen LogP contribution in [0.25, 0.3) is 11.0 Å². The Morgan fingerprint density at radius 2 is 1.89 bits per heavy atom. The molecular formula is C22H26N4OS. The van der Waals surface area contributed by atoms with E-state index in [1.807, 2.05) is 53.1 Å². The first-order valence-electron chi connectivity index (χ1n) is 9.90. The van der Waals surface area contributed by atoms with E-state index in [9.17, 15) is 4.79 Å². The number of aromatic amines is 1. The summed E-state index contributed by atoms with van der Waals surface area (Å²) in [7, 11) is 0. The number of thioether (sulfide) groups is 1. The van der Waals surface area contributed by atoms with E-state index in [2.05, 4.69) is 28.9 Å². The Morgan fingerprint density at radius 1 is 1.07 bits per heavy atom. The van der Waals surface area contributed by atoms with Gasteiger partial charge in [0.15, 0.2) is 0 Å². The van der Waals surface area contributed by atoms with Gasteiger partial charge in [0.1, 0.15) is 0 Å². The van der Waals surface area contributed by atoms with Crippen molar-refractivity contribution < 1.29 is 4.79 Å². The number of rotatable bonds is 5. The minimum Gasteiger partial charge on any atom is -0.341 e. The molecular weight excluding hydrogens is 368 g/mol. The van der Waals surface area contributed by atoms with Crippen molar-refractivity contribution in [1.82, 2.24) is 14.9 Å². The van der Waals surface area contributed by atoms with E-state index in [1.54, 1.807) is 0 Å². The third kappa shape index (κ3) is 4.17. The maximum absolute atomic E-state index is 12.9. The number of carbonyl (C=O) groups excluding carboxylic acids is 1. The molecule has 1 amide bonds. The number of carbonyl (C=O) groups is 1. The van der Waals surface area contributed by atoms with Crippen LogP contribution < -0.4 is 4.90 Å². The number of nitrogens with zero attached hydrogens (tertiary/aromatic N) is 3. The molecule has 0 radical (unpaired) electrons. The summed E-state index contributed by atoms with van der Waals surface area (Å²) < 4.78 is 0. The molecule has 6 heteroatoms. The van der Waals surface area contributed by atoms with Crippen molar-refractivity contribution >= 4 is 34.7 Å². The van der Waals surface area contributed by atoms with Crippen LogP contribution in [0.4, 0.5) is 5.95 Å². The second-order valence-corrected chi connectivity index (χ2v) is 8.32. The van der Waals surface area contributed by atoms with Crippen LogP contribution in [0.1, 0.15) is 29.3 Å². The molecule has 1 aliphatic rings. The monoisotopic (exact) mass is 394 g/mol. The minimum atomic E-state index is 0.126. The van der Waals surface area contributed by atoms with Gasteiger partial charge in [-0.05, 0) is 42.0 Å². The van der Waals surface area contributed by atoms with Gasteiger partial charge in [0.25, 0.3) is 5.91 Å². The smallest absolute Gasteiger partial charge is 0.253 e. The normalized spacial score (nSPS) is 15.0. The highest BCUT2D eigenvalue weighted by atomic mass is 32.2. The van der Waals surface area contributed by atoms with Crippen LogP contribution in [0.2, 0.25) is 0 Å². The van der Waals surface area contributed by atoms with E-state index in [-0.39, 0.29) is 5.91 Å². The van der Waals surface area contributed by atoms with Crippen LogP contribution in [0, 0.1) is 0 Å². The molecule has 28 heavy (non-hydrogen) atoms. The molecule has 1 fully saturated rings. The fourth-order valence-electron chi connectivity index (χ4n) is 3.57. The molecule has 0 atom stereocenters. The van der Waals surface area contributed by atoms with Crippen LogP contribution >= 0.6 is 11.8 Å². The maximum Gasteiger partial charge on any atom is 0.253 e. The third-order valence-corrected chi connectivity index (χ3v) is 6.08. The fourth-order valence-corrected chi connectivity index (χ4v) is 4.20. The highest BCUT2D eigenvalue weighted by Gasteiger charge is 2.21. The van der Waals surface area contributed by atoms with Gasteiger partial charge < -0.3 is 14.8 Å². The molecule has 0 bridgehead atoms. The Bertz CT molecular complexity index is 904. The van der Waals surface area contributed by atoms with Gasteiger partial charge in [0, 0.05) is 37.5 Å². The molecule has 4 rings (SSSR count). The summed E-state index contributed by atoms with van der Waals surface area (Å²) in [5.41, 5.74) is 4.09. The van der Waals surface area contributed by atoms with Crippen molar-refractivity contribution in [3.8, 4) is 0 Å². The van der Waals surface area contributed by atoms with E-state index in [4.69, 9.17) is 4.98 Å². The largest absolute Gasteiger partial charge is 0.341 e. The van der Waals surface area contributed by atoms with Crippen LogP contribution in [-0.4, -0.2) is 52.7 Å². The number of nitrogens with one attached hydrogen (secondary N) is 1. The molecule has 1 aromatic heterocycles. The Hall–Kier alpha value is -2.47. The molecule has 0 aliphatic carbocycles. The van der Waals surface area contributed by atoms with Gasteiger partial charge >= 0.3 is 0 Å². The van der Waals surface area contributed by atoms with Crippen molar-refractivity contribution in [1.29, 1.82) is 0 Å².